The van der Waals surface area contributed by atoms with Crippen LogP contribution in [0.3, 0.4) is 0 Å². The summed E-state index contributed by atoms with van der Waals surface area (Å²) in [4.78, 5) is 119. The summed E-state index contributed by atoms with van der Waals surface area (Å²) in [6, 6.07) is -0.233. The number of unbranched alkanes of at least 4 members (excludes halogenated alkanes) is 13. The average molecular weight is 1890 g/mol. The van der Waals surface area contributed by atoms with Crippen molar-refractivity contribution in [1.29, 1.82) is 0 Å². The number of hydrogen-bond acceptors (Lipinski definition) is 33. The van der Waals surface area contributed by atoms with Gasteiger partial charge in [0.2, 0.25) is 17.7 Å². The van der Waals surface area contributed by atoms with Crippen LogP contribution in [0.1, 0.15) is 285 Å². The van der Waals surface area contributed by atoms with Crippen molar-refractivity contribution in [2.45, 2.75) is 376 Å². The highest BCUT2D eigenvalue weighted by molar-refractivity contribution is 8.77. The van der Waals surface area contributed by atoms with Crippen LogP contribution in [0.5, 0.6) is 0 Å². The van der Waals surface area contributed by atoms with E-state index in [1.165, 1.54) is 0 Å². The van der Waals surface area contributed by atoms with Crippen molar-refractivity contribution < 1.29 is 151 Å². The summed E-state index contributed by atoms with van der Waals surface area (Å²) in [7, 11) is 4.98. The van der Waals surface area contributed by atoms with Gasteiger partial charge in [0, 0.05) is 132 Å². The Balaban J connectivity index is 1.25. The first-order valence-electron chi connectivity index (χ1n) is 47.9. The second-order valence-electron chi connectivity index (χ2n) is 35.8. The zero-order valence-electron chi connectivity index (χ0n) is 78.1. The lowest BCUT2D eigenvalue weighted by Crippen LogP contribution is -2.55. The number of Topliss-reactive ketones (excluding diaryl/α,β-unsaturated/α-hetero) is 3. The predicted octanol–water partition coefficient (Wildman–Crippen LogP) is 7.63. The maximum absolute atomic E-state index is 14.2. The van der Waals surface area contributed by atoms with Crippen molar-refractivity contribution in [3.05, 3.63) is 0 Å². The largest absolute Gasteiger partial charge is 0.466 e. The number of nitrogens with zero attached hydrogens (tertiary/aromatic N) is 1. The van der Waals surface area contributed by atoms with E-state index >= 15 is 0 Å². The molecule has 0 aromatic rings. The number of amides is 4. The van der Waals surface area contributed by atoms with Crippen LogP contribution in [-0.2, 0) is 95.2 Å². The Morgan fingerprint density at radius 3 is 1.25 bits per heavy atom. The van der Waals surface area contributed by atoms with Crippen LogP contribution in [0.2, 0.25) is 0 Å². The highest BCUT2D eigenvalue weighted by Crippen LogP contribution is 2.41. The Morgan fingerprint density at radius 2 is 0.791 bits per heavy atom. The van der Waals surface area contributed by atoms with Gasteiger partial charge < -0.3 is 129 Å². The molecule has 0 saturated carbocycles. The molecule has 0 spiro atoms. The number of aliphatic hydroxyl groups excluding tert-OH is 10. The van der Waals surface area contributed by atoms with Crippen molar-refractivity contribution >= 4 is 74.7 Å². The molecule has 13 N–H and O–H groups in total. The van der Waals surface area contributed by atoms with Crippen molar-refractivity contribution in [1.82, 2.24) is 20.9 Å². The van der Waals surface area contributed by atoms with Crippen LogP contribution in [0.4, 0.5) is 4.79 Å². The number of aliphatic hydroxyl groups is 10. The summed E-state index contributed by atoms with van der Waals surface area (Å²) in [6.45, 7) is 11.6. The van der Waals surface area contributed by atoms with E-state index in [1.54, 1.807) is 54.4 Å². The number of ether oxygens (including phenoxy) is 12. The highest BCUT2D eigenvalue weighted by Gasteiger charge is 2.46. The minimum absolute atomic E-state index is 0.0199. The van der Waals surface area contributed by atoms with Crippen LogP contribution >= 0.6 is 21.6 Å². The van der Waals surface area contributed by atoms with Gasteiger partial charge in [-0.15, -0.1) is 0 Å². The summed E-state index contributed by atoms with van der Waals surface area (Å²) in [6.07, 6.45) is 8.05. The minimum atomic E-state index is -1.23. The number of rotatable bonds is 77. The molecule has 0 aromatic carbocycles. The van der Waals surface area contributed by atoms with E-state index in [1.807, 2.05) is 0 Å². The number of carbonyl (C=O) groups excluding carboxylic acids is 9. The lowest BCUT2D eigenvalue weighted by atomic mass is 9.71. The molecule has 35 nitrogen and oxygen atoms in total. The molecule has 4 aliphatic rings. The SMILES string of the molecule is CO[C@H]1C[C@H](CO)N(C(=O)CCCCC(=O)CCC(C)(C)SSCCOCCOCCC(=O)CC(CCCOC(=O)CCCCCCCNC(=O)CCCOC2OC(CO)C(O)C(O)C2C)(CCCOC(=O)CCCCCCCNC(=O)CCCOC2OC(CO)C(O)C(O)C2C)CCCOC(=O)NCCCCCCCC(=O)CCCOC2OC(CO)C(O)C(O)C2C)C1. The Labute approximate surface area is 773 Å². The molecule has 4 aliphatic heterocycles. The van der Waals surface area contributed by atoms with E-state index in [4.69, 9.17) is 56.8 Å². The fraction of sp³-hybridized carbons (Fsp3) is 0.902. The Morgan fingerprint density at radius 1 is 0.395 bits per heavy atom. The number of esters is 2. The first-order valence-corrected chi connectivity index (χ1v) is 50.2. The van der Waals surface area contributed by atoms with Gasteiger partial charge in [0.25, 0.3) is 0 Å². The Hall–Kier alpha value is -4.43. The molecule has 4 amide bonds. The van der Waals surface area contributed by atoms with Crippen molar-refractivity contribution in [2.75, 3.05) is 132 Å². The third-order valence-electron chi connectivity index (χ3n) is 24.5. The third kappa shape index (κ3) is 49.8. The maximum Gasteiger partial charge on any atom is 0.407 e. The van der Waals surface area contributed by atoms with Crippen molar-refractivity contribution in [3.63, 3.8) is 0 Å². The molecular formula is C92H164N4O31S2. The fourth-order valence-electron chi connectivity index (χ4n) is 16.2. The molecule has 750 valence electrons. The normalized spacial score (nSPS) is 24.7. The van der Waals surface area contributed by atoms with Gasteiger partial charge in [0.05, 0.1) is 123 Å². The summed E-state index contributed by atoms with van der Waals surface area (Å²) >= 11 is 0. The summed E-state index contributed by atoms with van der Waals surface area (Å²) in [5.41, 5.74) is -0.680. The molecular weight excluding hydrogens is 1720 g/mol. The van der Waals surface area contributed by atoms with Crippen LogP contribution < -0.4 is 16.0 Å². The fourth-order valence-corrected chi connectivity index (χ4v) is 18.7. The molecule has 17 atom stereocenters. The van der Waals surface area contributed by atoms with Crippen molar-refractivity contribution in [3.8, 4) is 0 Å². The molecule has 4 rings (SSSR count). The monoisotopic (exact) mass is 1890 g/mol. The quantitative estimate of drug-likeness (QED) is 0.0120. The molecule has 4 saturated heterocycles. The maximum atomic E-state index is 14.2. The number of carbonyl (C=O) groups is 9. The molecule has 0 aliphatic carbocycles. The molecule has 0 bridgehead atoms. The standard InChI is InChI=1S/C92H164N4O31S2/c1-65-81(109)84(112)73(62-98)125-87(65)121-47-24-32-69(101)30-16-10-7-15-23-46-95-90(115)124-52-29-42-92(40-27-50-119-79(107)36-17-11-8-13-21-44-93-76(104)33-25-48-122-88-66(2)82(110)85(113)74(63-99)126-88,41-28-51-120-80(108)37-18-12-9-14-22-45-94-77(105)34-26-49-123-89-67(3)83(111)86(114)75(64-100)127-89)59-71(103)39-53-117-54-55-118-56-57-128-129-91(4,5)43-38-70(102)31-19-20-35-78(106)96-60-72(116-6)58-68(96)61-97/h65-68,72-75,81-89,97-100,109-114H,7-64H2,1-6H3,(H,93,104)(H,94,105)(H,95,115)/t65?,66?,67?,68-,72+,73?,74?,75?,81?,82?,83?,84?,85?,86?,87?,88?,89?,92?/m1/s1. The summed E-state index contributed by atoms with van der Waals surface area (Å²) in [5, 5.41) is 108. The molecule has 4 heterocycles. The Kier molecular flexibility index (Phi) is 62.9. The van der Waals surface area contributed by atoms with Gasteiger partial charge in [-0.3, -0.25) is 38.4 Å². The first kappa shape index (κ1) is 117. The van der Waals surface area contributed by atoms with Crippen LogP contribution in [0.25, 0.3) is 0 Å². The third-order valence-corrected chi connectivity index (χ3v) is 27.8. The van der Waals surface area contributed by atoms with Crippen LogP contribution in [-0.4, -0.2) is 331 Å². The van der Waals surface area contributed by atoms with Crippen molar-refractivity contribution in [2.24, 2.45) is 23.2 Å². The second-order valence-corrected chi connectivity index (χ2v) is 38.9. The average Bonchev–Trinajstić information content (AvgIpc) is 1.67. The lowest BCUT2D eigenvalue weighted by molar-refractivity contribution is -0.282. The number of likely N-dealkylation sites (tertiary alicyclic amines) is 1. The summed E-state index contributed by atoms with van der Waals surface area (Å²) < 4.78 is 68.3. The van der Waals surface area contributed by atoms with Gasteiger partial charge in [0.15, 0.2) is 18.9 Å². The molecule has 37 heteroatoms. The predicted molar refractivity (Wildman–Crippen MR) is 483 cm³/mol. The first-order chi connectivity index (χ1) is 62.0. The van der Waals surface area contributed by atoms with Gasteiger partial charge >= 0.3 is 18.0 Å². The number of ketones is 3. The van der Waals surface area contributed by atoms with Gasteiger partial charge in [-0.05, 0) is 141 Å². The zero-order valence-corrected chi connectivity index (χ0v) is 79.8. The zero-order chi connectivity index (χ0) is 94.6. The molecule has 4 fully saturated rings. The number of alkyl carbamates (subject to hydrolysis) is 1. The van der Waals surface area contributed by atoms with Gasteiger partial charge in [-0.2, -0.15) is 0 Å². The van der Waals surface area contributed by atoms with E-state index < -0.39 is 123 Å². The van der Waals surface area contributed by atoms with E-state index in [0.29, 0.717) is 180 Å². The molecule has 129 heavy (non-hydrogen) atoms. The van der Waals surface area contributed by atoms with E-state index in [0.717, 1.165) is 77.0 Å². The lowest BCUT2D eigenvalue weighted by Gasteiger charge is -2.40. The van der Waals surface area contributed by atoms with Crippen LogP contribution in [0.15, 0.2) is 0 Å². The van der Waals surface area contributed by atoms with E-state index in [2.05, 4.69) is 29.8 Å². The second kappa shape index (κ2) is 69.4. The molecule has 0 aromatic heterocycles. The van der Waals surface area contributed by atoms with E-state index in [-0.39, 0.29) is 162 Å². The molecule has 0 radical (unpaired) electrons. The molecule has 15 unspecified atom stereocenters. The Bertz CT molecular complexity index is 2840. The van der Waals surface area contributed by atoms with E-state index in [9.17, 15) is 94.2 Å². The number of methoxy groups -OCH3 is 1. The topological polar surface area (TPSA) is 506 Å². The smallest absolute Gasteiger partial charge is 0.407 e. The number of nitrogens with one attached hydrogen (secondary N) is 3. The summed E-state index contributed by atoms with van der Waals surface area (Å²) in [5.74, 6) is -1.62. The minimum Gasteiger partial charge on any atom is -0.466 e. The number of hydrogen-bond donors (Lipinski definition) is 13. The van der Waals surface area contributed by atoms with Crippen LogP contribution in [0, 0.1) is 23.2 Å². The van der Waals surface area contributed by atoms with Gasteiger partial charge in [0.1, 0.15) is 54.0 Å². The van der Waals surface area contributed by atoms with Gasteiger partial charge in [-0.1, -0.05) is 100 Å². The highest BCUT2D eigenvalue weighted by atomic mass is 33.1. The van der Waals surface area contributed by atoms with Gasteiger partial charge in [-0.25, -0.2) is 4.79 Å².